The van der Waals surface area contributed by atoms with Gasteiger partial charge in [0.05, 0.1) is 6.10 Å². The molecule has 33 heavy (non-hydrogen) atoms. The fourth-order valence-corrected chi connectivity index (χ4v) is 3.59. The highest BCUT2D eigenvalue weighted by atomic mass is 19.4. The normalized spacial score (nSPS) is 19.9. The molecule has 0 bridgehead atoms. The lowest BCUT2D eigenvalue weighted by Gasteiger charge is -2.42. The van der Waals surface area contributed by atoms with Crippen LogP contribution >= 0.6 is 0 Å². The summed E-state index contributed by atoms with van der Waals surface area (Å²) in [5.41, 5.74) is -2.66. The molecule has 1 aromatic carbocycles. The number of ether oxygens (including phenoxy) is 2. The number of aliphatic carboxylic acids is 1. The zero-order valence-corrected chi connectivity index (χ0v) is 19.3. The number of allylic oxidation sites excluding steroid dienone is 4. The predicted octanol–water partition coefficient (Wildman–Crippen LogP) is 5.70. The van der Waals surface area contributed by atoms with Crippen molar-refractivity contribution in [1.29, 1.82) is 0 Å². The Morgan fingerprint density at radius 3 is 2.21 bits per heavy atom. The molecule has 0 heterocycles. The Morgan fingerprint density at radius 1 is 1.12 bits per heavy atom. The molecule has 0 radical (unpaired) electrons. The molecule has 2 atom stereocenters. The summed E-state index contributed by atoms with van der Waals surface area (Å²) >= 11 is 0. The van der Waals surface area contributed by atoms with Crippen molar-refractivity contribution < 1.29 is 37.3 Å². The van der Waals surface area contributed by atoms with Crippen LogP contribution in [0.3, 0.4) is 0 Å². The van der Waals surface area contributed by atoms with Crippen LogP contribution in [0.2, 0.25) is 0 Å². The molecule has 2 N–H and O–H groups in total. The summed E-state index contributed by atoms with van der Waals surface area (Å²) in [6, 6.07) is 6.67. The van der Waals surface area contributed by atoms with Crippen molar-refractivity contribution in [3.8, 4) is 0 Å². The summed E-state index contributed by atoms with van der Waals surface area (Å²) in [6.07, 6.45) is -5.28. The maximum atomic E-state index is 14.7. The zero-order valence-electron chi connectivity index (χ0n) is 19.3. The van der Waals surface area contributed by atoms with E-state index in [-0.39, 0.29) is 5.76 Å². The van der Waals surface area contributed by atoms with Gasteiger partial charge in [0.15, 0.2) is 0 Å². The highest BCUT2D eigenvalue weighted by molar-refractivity contribution is 5.80. The van der Waals surface area contributed by atoms with E-state index in [9.17, 15) is 27.9 Å². The minimum absolute atomic E-state index is 0.380. The van der Waals surface area contributed by atoms with Crippen molar-refractivity contribution >= 4 is 17.6 Å². The van der Waals surface area contributed by atoms with E-state index in [0.29, 0.717) is 11.1 Å². The summed E-state index contributed by atoms with van der Waals surface area (Å²) in [4.78, 5) is 24.1. The molecule has 0 aromatic heterocycles. The number of halogens is 3. The zero-order chi connectivity index (χ0) is 25.0. The van der Waals surface area contributed by atoms with Crippen molar-refractivity contribution in [1.82, 2.24) is 5.32 Å². The average molecular weight is 470 g/mol. The summed E-state index contributed by atoms with van der Waals surface area (Å²) < 4.78 is 54.8. The van der Waals surface area contributed by atoms with Crippen molar-refractivity contribution in [3.05, 3.63) is 53.8 Å². The number of carbonyl (C=O) groups is 2. The Bertz CT molecular complexity index is 916. The molecule has 0 fully saturated rings. The average Bonchev–Trinajstić information content (AvgIpc) is 2.66. The Morgan fingerprint density at radius 2 is 1.73 bits per heavy atom. The molecule has 0 aliphatic heterocycles. The fourth-order valence-electron chi connectivity index (χ4n) is 3.59. The number of carboxylic acids is 1. The first-order chi connectivity index (χ1) is 15.1. The molecule has 182 valence electrons. The first-order valence-corrected chi connectivity index (χ1v) is 10.6. The van der Waals surface area contributed by atoms with Crippen LogP contribution in [-0.2, 0) is 14.3 Å². The van der Waals surface area contributed by atoms with E-state index in [1.165, 1.54) is 6.08 Å². The maximum absolute atomic E-state index is 14.7. The van der Waals surface area contributed by atoms with Crippen LogP contribution in [0.4, 0.5) is 18.0 Å². The van der Waals surface area contributed by atoms with Crippen LogP contribution < -0.4 is 5.32 Å². The molecule has 9 heteroatoms. The van der Waals surface area contributed by atoms with Crippen LogP contribution in [0, 0.1) is 5.41 Å². The number of carboxylic acid groups (broad SMARTS) is 1. The minimum Gasteiger partial charge on any atom is -0.494 e. The number of amides is 1. The number of hydrogen-bond donors (Lipinski definition) is 2. The third-order valence-corrected chi connectivity index (χ3v) is 4.99. The Labute approximate surface area is 191 Å². The van der Waals surface area contributed by atoms with Gasteiger partial charge in [-0.15, -0.1) is 0 Å². The van der Waals surface area contributed by atoms with E-state index >= 15 is 0 Å². The first-order valence-electron chi connectivity index (χ1n) is 10.6. The minimum atomic E-state index is -4.87. The van der Waals surface area contributed by atoms with E-state index in [1.54, 1.807) is 71.0 Å². The lowest BCUT2D eigenvalue weighted by molar-refractivity contribution is -0.227. The molecule has 1 aliphatic rings. The lowest BCUT2D eigenvalue weighted by atomic mass is 9.70. The summed E-state index contributed by atoms with van der Waals surface area (Å²) in [6.45, 7) is 7.87. The summed E-state index contributed by atoms with van der Waals surface area (Å²) in [5, 5.41) is 11.8. The van der Waals surface area contributed by atoms with Gasteiger partial charge in [0.2, 0.25) is 0 Å². The Hall–Kier alpha value is -2.97. The second kappa shape index (κ2) is 9.89. The first kappa shape index (κ1) is 26.3. The molecule has 0 saturated heterocycles. The molecular weight excluding hydrogens is 439 g/mol. The molecule has 1 aliphatic carbocycles. The van der Waals surface area contributed by atoms with Gasteiger partial charge >= 0.3 is 18.2 Å². The summed E-state index contributed by atoms with van der Waals surface area (Å²) in [7, 11) is 0. The maximum Gasteiger partial charge on any atom is 0.408 e. The molecule has 1 amide bonds. The van der Waals surface area contributed by atoms with E-state index in [2.05, 4.69) is 5.32 Å². The van der Waals surface area contributed by atoms with Crippen molar-refractivity contribution in [2.24, 2.45) is 5.41 Å². The molecule has 2 rings (SSSR count). The van der Waals surface area contributed by atoms with Crippen LogP contribution in [0.25, 0.3) is 5.57 Å². The number of benzene rings is 1. The largest absolute Gasteiger partial charge is 0.494 e. The van der Waals surface area contributed by atoms with Gasteiger partial charge in [-0.05, 0) is 58.3 Å². The van der Waals surface area contributed by atoms with Gasteiger partial charge in [-0.25, -0.2) is 9.59 Å². The smallest absolute Gasteiger partial charge is 0.408 e. The number of alkyl halides is 3. The number of hydrogen-bond acceptors (Lipinski definition) is 4. The van der Waals surface area contributed by atoms with Crippen LogP contribution in [0.1, 0.15) is 53.0 Å². The monoisotopic (exact) mass is 469 g/mol. The van der Waals surface area contributed by atoms with E-state index in [1.807, 2.05) is 0 Å². The van der Waals surface area contributed by atoms with Gasteiger partial charge in [0.25, 0.3) is 0 Å². The van der Waals surface area contributed by atoms with Crippen molar-refractivity contribution in [2.75, 3.05) is 0 Å². The standard InChI is InChI=1S/C24H30F3NO5/c1-15(2)32-19-12-11-17(16-9-7-6-8-10-16)13-23(19,24(25,26)27)14-18(20(29)30)28-21(31)33-22(3,4)5/h6-12,15,18H,13-14H2,1-5H3,(H,28,31)(H,29,30). The number of nitrogens with one attached hydrogen (secondary N) is 1. The van der Waals surface area contributed by atoms with Crippen LogP contribution in [0.5, 0.6) is 0 Å². The highest BCUT2D eigenvalue weighted by Gasteiger charge is 2.61. The number of alkyl carbamates (subject to hydrolysis) is 1. The van der Waals surface area contributed by atoms with Gasteiger partial charge in [0, 0.05) is 6.42 Å². The van der Waals surface area contributed by atoms with E-state index in [0.717, 1.165) is 0 Å². The topological polar surface area (TPSA) is 84.9 Å². The van der Waals surface area contributed by atoms with E-state index < -0.39 is 54.2 Å². The molecule has 0 spiro atoms. The third kappa shape index (κ3) is 6.76. The molecule has 1 aromatic rings. The SMILES string of the molecule is CC(C)OC1=CC=C(c2ccccc2)CC1(CC(NC(=O)OC(C)(C)C)C(=O)O)C(F)(F)F. The molecule has 2 unspecified atom stereocenters. The molecule has 0 saturated carbocycles. The van der Waals surface area contributed by atoms with Crippen molar-refractivity contribution in [2.45, 2.75) is 71.4 Å². The Kier molecular flexibility index (Phi) is 7.87. The fraction of sp³-hybridized carbons (Fsp3) is 0.500. The molecule has 6 nitrogen and oxygen atoms in total. The third-order valence-electron chi connectivity index (χ3n) is 4.99. The Balaban J connectivity index is 2.51. The van der Waals surface area contributed by atoms with Crippen molar-refractivity contribution in [3.63, 3.8) is 0 Å². The highest BCUT2D eigenvalue weighted by Crippen LogP contribution is 2.55. The van der Waals surface area contributed by atoms with Gasteiger partial charge in [-0.1, -0.05) is 36.4 Å². The predicted molar refractivity (Wildman–Crippen MR) is 117 cm³/mol. The van der Waals surface area contributed by atoms with Gasteiger partial charge in [-0.2, -0.15) is 13.2 Å². The van der Waals surface area contributed by atoms with Gasteiger partial charge in [-0.3, -0.25) is 0 Å². The second-order valence-electron chi connectivity index (χ2n) is 9.25. The van der Waals surface area contributed by atoms with E-state index in [4.69, 9.17) is 9.47 Å². The number of rotatable bonds is 7. The lowest BCUT2D eigenvalue weighted by Crippen LogP contribution is -2.51. The van der Waals surface area contributed by atoms with Crippen LogP contribution in [-0.4, -0.2) is 41.1 Å². The van der Waals surface area contributed by atoms with Gasteiger partial charge < -0.3 is 19.9 Å². The summed E-state index contributed by atoms with van der Waals surface area (Å²) in [5.74, 6) is -1.99. The molecular formula is C24H30F3NO5. The van der Waals surface area contributed by atoms with Crippen LogP contribution in [0.15, 0.2) is 48.2 Å². The van der Waals surface area contributed by atoms with Gasteiger partial charge in [0.1, 0.15) is 22.8 Å². The second-order valence-corrected chi connectivity index (χ2v) is 9.25. The number of carbonyl (C=O) groups excluding carboxylic acids is 1. The quantitative estimate of drug-likeness (QED) is 0.535.